The number of rotatable bonds is 8. The van der Waals surface area contributed by atoms with E-state index in [0.29, 0.717) is 38.2 Å². The van der Waals surface area contributed by atoms with Crippen molar-refractivity contribution >= 4 is 0 Å². The van der Waals surface area contributed by atoms with Crippen LogP contribution >= 0.6 is 0 Å². The fourth-order valence-electron chi connectivity index (χ4n) is 3.35. The molecule has 0 amide bonds. The first kappa shape index (κ1) is 20.7. The van der Waals surface area contributed by atoms with Gasteiger partial charge in [0.05, 0.1) is 19.8 Å². The van der Waals surface area contributed by atoms with Gasteiger partial charge in [0.15, 0.2) is 17.9 Å². The Balaban J connectivity index is 1.52. The van der Waals surface area contributed by atoms with Crippen molar-refractivity contribution in [1.29, 1.82) is 0 Å². The third-order valence-corrected chi connectivity index (χ3v) is 5.08. The first-order valence-corrected chi connectivity index (χ1v) is 10.0. The summed E-state index contributed by atoms with van der Waals surface area (Å²) < 4.78 is 45.5. The Morgan fingerprint density at radius 2 is 1.71 bits per heavy atom. The molecular formula is C23H28F2O3. The maximum atomic E-state index is 14.5. The lowest BCUT2D eigenvalue weighted by atomic mass is 9.92. The van der Waals surface area contributed by atoms with Crippen LogP contribution in [0, 0.1) is 11.6 Å². The van der Waals surface area contributed by atoms with E-state index in [2.05, 4.69) is 31.2 Å². The van der Waals surface area contributed by atoms with Crippen molar-refractivity contribution in [3.05, 3.63) is 64.7 Å². The van der Waals surface area contributed by atoms with Crippen LogP contribution in [0.4, 0.5) is 8.78 Å². The molecule has 0 saturated carbocycles. The van der Waals surface area contributed by atoms with Crippen LogP contribution in [0.1, 0.15) is 55.7 Å². The van der Waals surface area contributed by atoms with Crippen LogP contribution in [0.25, 0.3) is 0 Å². The fraction of sp³-hybridized carbons (Fsp3) is 0.478. The highest BCUT2D eigenvalue weighted by Crippen LogP contribution is 2.33. The van der Waals surface area contributed by atoms with E-state index < -0.39 is 11.6 Å². The third-order valence-electron chi connectivity index (χ3n) is 5.08. The molecule has 0 radical (unpaired) electrons. The molecule has 0 aromatic heterocycles. The van der Waals surface area contributed by atoms with Gasteiger partial charge in [0, 0.05) is 5.92 Å². The Kier molecular flexibility index (Phi) is 7.40. The molecule has 2 aromatic rings. The molecule has 2 aromatic carbocycles. The highest BCUT2D eigenvalue weighted by Gasteiger charge is 2.27. The zero-order valence-electron chi connectivity index (χ0n) is 16.5. The van der Waals surface area contributed by atoms with Gasteiger partial charge in [-0.1, -0.05) is 44.2 Å². The van der Waals surface area contributed by atoms with Crippen molar-refractivity contribution in [3.63, 3.8) is 0 Å². The van der Waals surface area contributed by atoms with Gasteiger partial charge in [-0.05, 0) is 48.4 Å². The van der Waals surface area contributed by atoms with Gasteiger partial charge in [-0.25, -0.2) is 4.39 Å². The summed E-state index contributed by atoms with van der Waals surface area (Å²) in [5.41, 5.74) is 2.73. The smallest absolute Gasteiger partial charge is 0.200 e. The van der Waals surface area contributed by atoms with Crippen LogP contribution in [0.5, 0.6) is 5.75 Å². The molecule has 152 valence electrons. The Labute approximate surface area is 165 Å². The molecule has 3 rings (SSSR count). The van der Waals surface area contributed by atoms with Crippen LogP contribution in [-0.4, -0.2) is 19.5 Å². The zero-order valence-corrected chi connectivity index (χ0v) is 16.5. The van der Waals surface area contributed by atoms with Gasteiger partial charge >= 0.3 is 0 Å². The van der Waals surface area contributed by atoms with Crippen molar-refractivity contribution in [3.8, 4) is 5.75 Å². The van der Waals surface area contributed by atoms with E-state index in [1.807, 2.05) is 6.92 Å². The van der Waals surface area contributed by atoms with Gasteiger partial charge in [-0.3, -0.25) is 0 Å². The lowest BCUT2D eigenvalue weighted by molar-refractivity contribution is -0.173. The second-order valence-corrected chi connectivity index (χ2v) is 7.15. The molecule has 3 nitrogen and oxygen atoms in total. The SMILES string of the molecule is CCCOc1ccc(C2CCC(OCc3ccc(CC)cc3)OC2)c(F)c1F. The lowest BCUT2D eigenvalue weighted by Crippen LogP contribution is -2.27. The first-order valence-electron chi connectivity index (χ1n) is 10.0. The number of ether oxygens (including phenoxy) is 3. The molecule has 2 unspecified atom stereocenters. The number of benzene rings is 2. The Morgan fingerprint density at radius 1 is 0.964 bits per heavy atom. The summed E-state index contributed by atoms with van der Waals surface area (Å²) in [4.78, 5) is 0. The summed E-state index contributed by atoms with van der Waals surface area (Å²) in [5.74, 6) is -1.97. The van der Waals surface area contributed by atoms with E-state index in [0.717, 1.165) is 18.4 Å². The average molecular weight is 390 g/mol. The van der Waals surface area contributed by atoms with Crippen molar-refractivity contribution in [2.75, 3.05) is 13.2 Å². The van der Waals surface area contributed by atoms with Gasteiger partial charge in [-0.15, -0.1) is 0 Å². The molecule has 1 aliphatic heterocycles. The van der Waals surface area contributed by atoms with Crippen molar-refractivity contribution in [2.45, 2.75) is 58.3 Å². The van der Waals surface area contributed by atoms with Gasteiger partial charge in [0.1, 0.15) is 0 Å². The topological polar surface area (TPSA) is 27.7 Å². The molecule has 5 heteroatoms. The summed E-state index contributed by atoms with van der Waals surface area (Å²) in [7, 11) is 0. The van der Waals surface area contributed by atoms with Crippen molar-refractivity contribution in [2.24, 2.45) is 0 Å². The van der Waals surface area contributed by atoms with Crippen molar-refractivity contribution in [1.82, 2.24) is 0 Å². The van der Waals surface area contributed by atoms with Gasteiger partial charge in [-0.2, -0.15) is 4.39 Å². The van der Waals surface area contributed by atoms with E-state index in [9.17, 15) is 8.78 Å². The summed E-state index contributed by atoms with van der Waals surface area (Å²) in [5, 5.41) is 0. The summed E-state index contributed by atoms with van der Waals surface area (Å²) >= 11 is 0. The standard InChI is InChI=1S/C23H28F2O3/c1-3-13-26-20-11-10-19(22(24)23(20)25)18-9-12-21(28-15-18)27-14-17-7-5-16(4-2)6-8-17/h5-8,10-11,18,21H,3-4,9,12-15H2,1-2H3. The second-order valence-electron chi connectivity index (χ2n) is 7.15. The van der Waals surface area contributed by atoms with Crippen LogP contribution in [0.3, 0.4) is 0 Å². The minimum atomic E-state index is -0.917. The zero-order chi connectivity index (χ0) is 19.9. The molecule has 0 N–H and O–H groups in total. The van der Waals surface area contributed by atoms with E-state index in [4.69, 9.17) is 14.2 Å². The molecule has 0 spiro atoms. The molecule has 1 aliphatic rings. The molecule has 28 heavy (non-hydrogen) atoms. The van der Waals surface area contributed by atoms with Crippen LogP contribution in [0.15, 0.2) is 36.4 Å². The number of halogens is 2. The number of hydrogen-bond donors (Lipinski definition) is 0. The highest BCUT2D eigenvalue weighted by molar-refractivity contribution is 5.33. The van der Waals surface area contributed by atoms with Crippen LogP contribution in [0.2, 0.25) is 0 Å². The number of aryl methyl sites for hydroxylation is 1. The van der Waals surface area contributed by atoms with E-state index in [1.54, 1.807) is 6.07 Å². The Bertz CT molecular complexity index is 753. The second kappa shape index (κ2) is 9.99. The molecule has 2 atom stereocenters. The molecule has 0 aliphatic carbocycles. The normalized spacial score (nSPS) is 19.6. The maximum absolute atomic E-state index is 14.5. The molecule has 1 heterocycles. The Hall–Kier alpha value is -1.98. The van der Waals surface area contributed by atoms with Gasteiger partial charge in [0.2, 0.25) is 5.82 Å². The van der Waals surface area contributed by atoms with E-state index in [-0.39, 0.29) is 18.0 Å². The molecular weight excluding hydrogens is 362 g/mol. The van der Waals surface area contributed by atoms with Gasteiger partial charge in [0.25, 0.3) is 0 Å². The first-order chi connectivity index (χ1) is 13.6. The quantitative estimate of drug-likeness (QED) is 0.574. The third kappa shape index (κ3) is 5.09. The van der Waals surface area contributed by atoms with Crippen LogP contribution in [-0.2, 0) is 22.5 Å². The summed E-state index contributed by atoms with van der Waals surface area (Å²) in [6.07, 6.45) is 2.76. The van der Waals surface area contributed by atoms with Crippen LogP contribution < -0.4 is 4.74 Å². The summed E-state index contributed by atoms with van der Waals surface area (Å²) in [6.45, 7) is 5.19. The maximum Gasteiger partial charge on any atom is 0.200 e. The molecule has 1 fully saturated rings. The largest absolute Gasteiger partial charge is 0.490 e. The minimum Gasteiger partial charge on any atom is -0.490 e. The van der Waals surface area contributed by atoms with E-state index in [1.165, 1.54) is 11.6 Å². The van der Waals surface area contributed by atoms with E-state index >= 15 is 0 Å². The minimum absolute atomic E-state index is 0.0323. The number of hydrogen-bond acceptors (Lipinski definition) is 3. The monoisotopic (exact) mass is 390 g/mol. The summed E-state index contributed by atoms with van der Waals surface area (Å²) in [6, 6.07) is 11.4. The average Bonchev–Trinajstić information content (AvgIpc) is 2.74. The lowest BCUT2D eigenvalue weighted by Gasteiger charge is -2.29. The molecule has 0 bridgehead atoms. The van der Waals surface area contributed by atoms with Crippen molar-refractivity contribution < 1.29 is 23.0 Å². The highest BCUT2D eigenvalue weighted by atomic mass is 19.2. The van der Waals surface area contributed by atoms with Gasteiger partial charge < -0.3 is 14.2 Å². The fourth-order valence-corrected chi connectivity index (χ4v) is 3.35. The molecule has 1 saturated heterocycles. The predicted molar refractivity (Wildman–Crippen MR) is 104 cm³/mol. The predicted octanol–water partition coefficient (Wildman–Crippen LogP) is 5.75. The Morgan fingerprint density at radius 3 is 2.36 bits per heavy atom.